The zero-order valence-electron chi connectivity index (χ0n) is 18.1. The Kier molecular flexibility index (Phi) is 4.81. The molecule has 1 fully saturated rings. The normalized spacial score (nSPS) is 19.3. The molecule has 9 heteroatoms. The second-order valence-electron chi connectivity index (χ2n) is 8.14. The van der Waals surface area contributed by atoms with Crippen molar-refractivity contribution in [2.75, 3.05) is 13.7 Å². The highest BCUT2D eigenvalue weighted by molar-refractivity contribution is 6.08. The zero-order valence-corrected chi connectivity index (χ0v) is 18.1. The topological polar surface area (TPSA) is 114 Å². The van der Waals surface area contributed by atoms with Gasteiger partial charge in [-0.05, 0) is 42.3 Å². The molecule has 0 spiro atoms. The van der Waals surface area contributed by atoms with Crippen LogP contribution < -0.4 is 15.4 Å². The van der Waals surface area contributed by atoms with E-state index in [-0.39, 0.29) is 12.5 Å². The Morgan fingerprint density at radius 2 is 1.82 bits per heavy atom. The van der Waals surface area contributed by atoms with E-state index in [2.05, 4.69) is 20.8 Å². The van der Waals surface area contributed by atoms with Crippen LogP contribution in [0.25, 0.3) is 11.3 Å². The van der Waals surface area contributed by atoms with Crippen LogP contribution >= 0.6 is 0 Å². The van der Waals surface area contributed by atoms with Crippen molar-refractivity contribution < 1.29 is 19.1 Å². The number of nitrogens with one attached hydrogen (secondary N) is 2. The molecule has 0 aliphatic carbocycles. The predicted molar refractivity (Wildman–Crippen MR) is 118 cm³/mol. The summed E-state index contributed by atoms with van der Waals surface area (Å²) in [6.45, 7) is 2.18. The van der Waals surface area contributed by atoms with Crippen LogP contribution in [0, 0.1) is 6.92 Å². The number of imide groups is 1. The number of aromatic nitrogens is 2. The highest BCUT2D eigenvalue weighted by Crippen LogP contribution is 2.33. The standard InChI is InChI=1S/C24H21N5O4/c1-14-3-10-20(28-27-14)15-4-7-17(8-5-15)24(22(31)25-23(32)26-24)13-29-12-16-6-9-18(33-2)11-19(16)21(29)30/h3-11H,12-13H2,1-2H3,(H2,25,26,31,32)/t24-/m0/s1. The molecule has 2 aliphatic heterocycles. The fourth-order valence-corrected chi connectivity index (χ4v) is 4.26. The lowest BCUT2D eigenvalue weighted by atomic mass is 9.88. The molecule has 33 heavy (non-hydrogen) atoms. The molecule has 5 rings (SSSR count). The monoisotopic (exact) mass is 443 g/mol. The van der Waals surface area contributed by atoms with Gasteiger partial charge in [0.05, 0.1) is 25.0 Å². The molecule has 9 nitrogen and oxygen atoms in total. The summed E-state index contributed by atoms with van der Waals surface area (Å²) in [5.41, 5.74) is 2.86. The molecular formula is C24H21N5O4. The van der Waals surface area contributed by atoms with Gasteiger partial charge in [0.1, 0.15) is 5.75 Å². The molecule has 166 valence electrons. The minimum atomic E-state index is -1.41. The molecule has 0 unspecified atom stereocenters. The highest BCUT2D eigenvalue weighted by atomic mass is 16.5. The van der Waals surface area contributed by atoms with Crippen LogP contribution in [-0.2, 0) is 16.9 Å². The number of hydrogen-bond acceptors (Lipinski definition) is 6. The SMILES string of the molecule is COc1ccc2c(c1)C(=O)N(C[C@@]1(c3ccc(-c4ccc(C)nn4)cc3)NC(=O)NC1=O)C2. The molecule has 1 atom stereocenters. The Bertz CT molecular complexity index is 1270. The number of fused-ring (bicyclic) bond motifs is 1. The van der Waals surface area contributed by atoms with E-state index in [9.17, 15) is 14.4 Å². The van der Waals surface area contributed by atoms with Gasteiger partial charge in [-0.15, -0.1) is 0 Å². The average Bonchev–Trinajstić information content (AvgIpc) is 3.29. The van der Waals surface area contributed by atoms with Crippen LogP contribution in [0.15, 0.2) is 54.6 Å². The van der Waals surface area contributed by atoms with Crippen molar-refractivity contribution in [3.63, 3.8) is 0 Å². The quantitative estimate of drug-likeness (QED) is 0.584. The summed E-state index contributed by atoms with van der Waals surface area (Å²) in [4.78, 5) is 39.8. The lowest BCUT2D eigenvalue weighted by Crippen LogP contribution is -2.52. The molecule has 3 heterocycles. The molecule has 2 aromatic carbocycles. The second-order valence-corrected chi connectivity index (χ2v) is 8.14. The van der Waals surface area contributed by atoms with E-state index in [0.29, 0.717) is 29.1 Å². The molecule has 0 radical (unpaired) electrons. The molecular weight excluding hydrogens is 422 g/mol. The molecule has 4 amide bonds. The first-order chi connectivity index (χ1) is 15.9. The van der Waals surface area contributed by atoms with Gasteiger partial charge < -0.3 is 15.0 Å². The summed E-state index contributed by atoms with van der Waals surface area (Å²) in [5, 5.41) is 13.3. The third-order valence-corrected chi connectivity index (χ3v) is 6.04. The van der Waals surface area contributed by atoms with Crippen LogP contribution in [0.3, 0.4) is 0 Å². The summed E-state index contributed by atoms with van der Waals surface area (Å²) in [6, 6.07) is 15.6. The lowest BCUT2D eigenvalue weighted by molar-refractivity contribution is -0.124. The number of hydrogen-bond donors (Lipinski definition) is 2. The molecule has 3 aromatic rings. The van der Waals surface area contributed by atoms with Gasteiger partial charge in [-0.3, -0.25) is 14.9 Å². The molecule has 1 aromatic heterocycles. The fourth-order valence-electron chi connectivity index (χ4n) is 4.26. The zero-order chi connectivity index (χ0) is 23.2. The van der Waals surface area contributed by atoms with E-state index in [0.717, 1.165) is 16.8 Å². The summed E-state index contributed by atoms with van der Waals surface area (Å²) in [6.07, 6.45) is 0. The number of nitrogens with zero attached hydrogens (tertiary/aromatic N) is 3. The van der Waals surface area contributed by atoms with E-state index < -0.39 is 17.5 Å². The van der Waals surface area contributed by atoms with Gasteiger partial charge in [-0.1, -0.05) is 30.3 Å². The number of methoxy groups -OCH3 is 1. The number of carbonyl (C=O) groups is 3. The van der Waals surface area contributed by atoms with Crippen molar-refractivity contribution in [3.8, 4) is 17.0 Å². The number of carbonyl (C=O) groups excluding carboxylic acids is 3. The Labute approximate surface area is 189 Å². The summed E-state index contributed by atoms with van der Waals surface area (Å²) in [5.74, 6) is -0.138. The number of rotatable bonds is 5. The van der Waals surface area contributed by atoms with Crippen molar-refractivity contribution >= 4 is 17.8 Å². The van der Waals surface area contributed by atoms with Crippen molar-refractivity contribution in [2.45, 2.75) is 19.0 Å². The minimum absolute atomic E-state index is 0.00984. The molecule has 1 saturated heterocycles. The maximum Gasteiger partial charge on any atom is 0.322 e. The fraction of sp³-hybridized carbons (Fsp3) is 0.208. The van der Waals surface area contributed by atoms with E-state index in [1.54, 1.807) is 29.2 Å². The van der Waals surface area contributed by atoms with Gasteiger partial charge in [0.25, 0.3) is 11.8 Å². The van der Waals surface area contributed by atoms with E-state index in [4.69, 9.17) is 4.74 Å². The maximum atomic E-state index is 13.1. The van der Waals surface area contributed by atoms with Crippen LogP contribution in [0.4, 0.5) is 4.79 Å². The Morgan fingerprint density at radius 3 is 2.45 bits per heavy atom. The second kappa shape index (κ2) is 7.70. The first kappa shape index (κ1) is 20.6. The van der Waals surface area contributed by atoms with Gasteiger partial charge in [0, 0.05) is 17.7 Å². The van der Waals surface area contributed by atoms with Crippen molar-refractivity contribution in [2.24, 2.45) is 0 Å². The first-order valence-corrected chi connectivity index (χ1v) is 10.4. The minimum Gasteiger partial charge on any atom is -0.497 e. The number of benzene rings is 2. The largest absolute Gasteiger partial charge is 0.497 e. The Morgan fingerprint density at radius 1 is 1.03 bits per heavy atom. The van der Waals surface area contributed by atoms with Crippen LogP contribution in [0.1, 0.15) is 27.2 Å². The van der Waals surface area contributed by atoms with E-state index in [1.165, 1.54) is 7.11 Å². The summed E-state index contributed by atoms with van der Waals surface area (Å²) >= 11 is 0. The number of ether oxygens (including phenoxy) is 1. The van der Waals surface area contributed by atoms with Gasteiger partial charge in [0.2, 0.25) is 0 Å². The van der Waals surface area contributed by atoms with Crippen molar-refractivity contribution in [1.82, 2.24) is 25.7 Å². The van der Waals surface area contributed by atoms with Gasteiger partial charge in [-0.2, -0.15) is 10.2 Å². The smallest absolute Gasteiger partial charge is 0.322 e. The van der Waals surface area contributed by atoms with Crippen molar-refractivity contribution in [1.29, 1.82) is 0 Å². The predicted octanol–water partition coefficient (Wildman–Crippen LogP) is 2.15. The van der Waals surface area contributed by atoms with E-state index in [1.807, 2.05) is 37.3 Å². The Balaban J connectivity index is 1.47. The third-order valence-electron chi connectivity index (χ3n) is 6.04. The van der Waals surface area contributed by atoms with Gasteiger partial charge in [0.15, 0.2) is 5.54 Å². The third kappa shape index (κ3) is 3.47. The number of aryl methyl sites for hydroxylation is 1. The first-order valence-electron chi connectivity index (χ1n) is 10.4. The maximum absolute atomic E-state index is 13.1. The molecule has 2 aliphatic rings. The summed E-state index contributed by atoms with van der Waals surface area (Å²) < 4.78 is 5.23. The van der Waals surface area contributed by atoms with Crippen molar-refractivity contribution in [3.05, 3.63) is 77.0 Å². The summed E-state index contributed by atoms with van der Waals surface area (Å²) in [7, 11) is 1.54. The molecule has 2 N–H and O–H groups in total. The molecule has 0 saturated carbocycles. The van der Waals surface area contributed by atoms with Crippen LogP contribution in [-0.4, -0.2) is 46.6 Å². The highest BCUT2D eigenvalue weighted by Gasteiger charge is 2.50. The average molecular weight is 443 g/mol. The lowest BCUT2D eigenvalue weighted by Gasteiger charge is -2.31. The Hall–Kier alpha value is -4.27. The molecule has 0 bridgehead atoms. The van der Waals surface area contributed by atoms with E-state index >= 15 is 0 Å². The van der Waals surface area contributed by atoms with Gasteiger partial charge in [-0.25, -0.2) is 4.79 Å². The van der Waals surface area contributed by atoms with Gasteiger partial charge >= 0.3 is 6.03 Å². The number of amides is 4. The van der Waals surface area contributed by atoms with Crippen LogP contribution in [0.2, 0.25) is 0 Å². The number of urea groups is 1. The van der Waals surface area contributed by atoms with Crippen LogP contribution in [0.5, 0.6) is 5.75 Å².